The largest absolute Gasteiger partial charge is 0.346 e. The van der Waals surface area contributed by atoms with E-state index in [2.05, 4.69) is 34.4 Å². The van der Waals surface area contributed by atoms with Crippen molar-refractivity contribution < 1.29 is 9.59 Å². The molecule has 0 atom stereocenters. The van der Waals surface area contributed by atoms with Crippen LogP contribution < -0.4 is 0 Å². The standard InChI is InChI=1S/C24H31N5O2/c1-18-16-20(19(2)29(18)21-6-4-3-5-7-21)8-9-23(30)27-12-14-28(15-13-27)24(31)22-17-25-10-11-26-22/h8-11,16-17,21H,3-7,12-15H2,1-2H3/b9-8+. The highest BCUT2D eigenvalue weighted by Crippen LogP contribution is 2.32. The predicted octanol–water partition coefficient (Wildman–Crippen LogP) is 3.40. The molecule has 31 heavy (non-hydrogen) atoms. The summed E-state index contributed by atoms with van der Waals surface area (Å²) >= 11 is 0. The fourth-order valence-corrected chi connectivity index (χ4v) is 4.84. The van der Waals surface area contributed by atoms with Gasteiger partial charge in [0.1, 0.15) is 5.69 Å². The number of piperazine rings is 1. The molecule has 2 fully saturated rings. The van der Waals surface area contributed by atoms with Crippen molar-refractivity contribution in [1.82, 2.24) is 24.3 Å². The van der Waals surface area contributed by atoms with Crippen LogP contribution in [0.5, 0.6) is 0 Å². The lowest BCUT2D eigenvalue weighted by Gasteiger charge is -2.34. The summed E-state index contributed by atoms with van der Waals surface area (Å²) in [5, 5.41) is 0. The van der Waals surface area contributed by atoms with Gasteiger partial charge in [0.15, 0.2) is 0 Å². The molecule has 1 aliphatic heterocycles. The third-order valence-electron chi connectivity index (χ3n) is 6.53. The van der Waals surface area contributed by atoms with Gasteiger partial charge in [-0.15, -0.1) is 0 Å². The molecule has 2 amide bonds. The molecule has 1 saturated carbocycles. The zero-order chi connectivity index (χ0) is 21.8. The van der Waals surface area contributed by atoms with Gasteiger partial charge in [-0.25, -0.2) is 4.98 Å². The molecule has 0 N–H and O–H groups in total. The Balaban J connectivity index is 1.35. The predicted molar refractivity (Wildman–Crippen MR) is 120 cm³/mol. The molecule has 3 heterocycles. The lowest BCUT2D eigenvalue weighted by molar-refractivity contribution is -0.127. The van der Waals surface area contributed by atoms with Crippen LogP contribution in [0.25, 0.3) is 6.08 Å². The minimum Gasteiger partial charge on any atom is -0.346 e. The van der Waals surface area contributed by atoms with Crippen LogP contribution >= 0.6 is 0 Å². The summed E-state index contributed by atoms with van der Waals surface area (Å²) in [5.74, 6) is -0.139. The van der Waals surface area contributed by atoms with E-state index >= 15 is 0 Å². The van der Waals surface area contributed by atoms with Gasteiger partial charge >= 0.3 is 0 Å². The molecule has 0 aromatic carbocycles. The van der Waals surface area contributed by atoms with Gasteiger partial charge < -0.3 is 14.4 Å². The topological polar surface area (TPSA) is 71.3 Å². The number of carbonyl (C=O) groups excluding carboxylic acids is 2. The first kappa shape index (κ1) is 21.3. The summed E-state index contributed by atoms with van der Waals surface area (Å²) in [4.78, 5) is 36.8. The minimum absolute atomic E-state index is 0.00549. The van der Waals surface area contributed by atoms with Crippen LogP contribution in [0.4, 0.5) is 0 Å². The Hall–Kier alpha value is -2.96. The van der Waals surface area contributed by atoms with E-state index in [1.807, 2.05) is 6.08 Å². The van der Waals surface area contributed by atoms with Crippen LogP contribution in [0, 0.1) is 13.8 Å². The highest BCUT2D eigenvalue weighted by Gasteiger charge is 2.25. The molecular formula is C24H31N5O2. The van der Waals surface area contributed by atoms with Crippen molar-refractivity contribution in [3.05, 3.63) is 53.4 Å². The zero-order valence-corrected chi connectivity index (χ0v) is 18.5. The third kappa shape index (κ3) is 4.70. The SMILES string of the molecule is Cc1cc(/C=C/C(=O)N2CCN(C(=O)c3cnccn3)CC2)c(C)n1C1CCCCC1. The molecule has 2 aromatic heterocycles. The van der Waals surface area contributed by atoms with Crippen molar-refractivity contribution in [2.24, 2.45) is 0 Å². The van der Waals surface area contributed by atoms with Crippen LogP contribution in [0.1, 0.15) is 65.6 Å². The Morgan fingerprint density at radius 3 is 2.39 bits per heavy atom. The van der Waals surface area contributed by atoms with Crippen molar-refractivity contribution in [2.45, 2.75) is 52.0 Å². The maximum Gasteiger partial charge on any atom is 0.274 e. The van der Waals surface area contributed by atoms with E-state index in [1.165, 1.54) is 55.9 Å². The summed E-state index contributed by atoms with van der Waals surface area (Å²) in [6.07, 6.45) is 14.6. The first-order valence-electron chi connectivity index (χ1n) is 11.3. The smallest absolute Gasteiger partial charge is 0.274 e. The fraction of sp³-hybridized carbons (Fsp3) is 0.500. The molecule has 0 bridgehead atoms. The Labute approximate surface area is 183 Å². The van der Waals surface area contributed by atoms with Crippen molar-refractivity contribution in [1.29, 1.82) is 0 Å². The minimum atomic E-state index is -0.133. The van der Waals surface area contributed by atoms with E-state index in [4.69, 9.17) is 0 Å². The fourth-order valence-electron chi connectivity index (χ4n) is 4.84. The quantitative estimate of drug-likeness (QED) is 0.710. The molecule has 1 saturated heterocycles. The second-order valence-corrected chi connectivity index (χ2v) is 8.53. The van der Waals surface area contributed by atoms with Gasteiger partial charge in [0.25, 0.3) is 5.91 Å². The van der Waals surface area contributed by atoms with Gasteiger partial charge in [0.2, 0.25) is 5.91 Å². The summed E-state index contributed by atoms with van der Waals surface area (Å²) in [5.41, 5.74) is 3.98. The van der Waals surface area contributed by atoms with Crippen LogP contribution in [-0.2, 0) is 4.79 Å². The zero-order valence-electron chi connectivity index (χ0n) is 18.5. The molecule has 7 nitrogen and oxygen atoms in total. The number of hydrogen-bond acceptors (Lipinski definition) is 4. The van der Waals surface area contributed by atoms with E-state index in [0.29, 0.717) is 37.9 Å². The van der Waals surface area contributed by atoms with E-state index < -0.39 is 0 Å². The van der Waals surface area contributed by atoms with Gasteiger partial charge in [0, 0.05) is 62.1 Å². The Morgan fingerprint density at radius 1 is 1.00 bits per heavy atom. The normalized spacial score (nSPS) is 18.0. The van der Waals surface area contributed by atoms with Crippen LogP contribution in [0.15, 0.2) is 30.7 Å². The Morgan fingerprint density at radius 2 is 1.71 bits per heavy atom. The lowest BCUT2D eigenvalue weighted by Crippen LogP contribution is -2.50. The highest BCUT2D eigenvalue weighted by molar-refractivity contribution is 5.93. The van der Waals surface area contributed by atoms with Gasteiger partial charge in [-0.1, -0.05) is 19.3 Å². The first-order valence-corrected chi connectivity index (χ1v) is 11.3. The second-order valence-electron chi connectivity index (χ2n) is 8.53. The van der Waals surface area contributed by atoms with Gasteiger partial charge in [-0.05, 0) is 44.4 Å². The number of hydrogen-bond donors (Lipinski definition) is 0. The third-order valence-corrected chi connectivity index (χ3v) is 6.53. The summed E-state index contributed by atoms with van der Waals surface area (Å²) in [6, 6.07) is 2.78. The number of aromatic nitrogens is 3. The molecule has 2 aliphatic rings. The lowest BCUT2D eigenvalue weighted by atomic mass is 9.95. The van der Waals surface area contributed by atoms with Crippen LogP contribution in [-0.4, -0.2) is 62.3 Å². The van der Waals surface area contributed by atoms with E-state index in [9.17, 15) is 9.59 Å². The average molecular weight is 422 g/mol. The van der Waals surface area contributed by atoms with Crippen molar-refractivity contribution >= 4 is 17.9 Å². The Bertz CT molecular complexity index is 952. The molecule has 7 heteroatoms. The van der Waals surface area contributed by atoms with Crippen LogP contribution in [0.2, 0.25) is 0 Å². The number of nitrogens with zero attached hydrogens (tertiary/aromatic N) is 5. The van der Waals surface area contributed by atoms with Gasteiger partial charge in [0.05, 0.1) is 6.20 Å². The highest BCUT2D eigenvalue weighted by atomic mass is 16.2. The van der Waals surface area contributed by atoms with Crippen molar-refractivity contribution in [2.75, 3.05) is 26.2 Å². The summed E-state index contributed by atoms with van der Waals surface area (Å²) in [6.45, 7) is 6.37. The number of rotatable bonds is 4. The average Bonchev–Trinajstić information content (AvgIpc) is 3.11. The molecule has 4 rings (SSSR count). The van der Waals surface area contributed by atoms with Crippen LogP contribution in [0.3, 0.4) is 0 Å². The first-order chi connectivity index (χ1) is 15.0. The molecule has 0 unspecified atom stereocenters. The molecule has 164 valence electrons. The van der Waals surface area contributed by atoms with Gasteiger partial charge in [-0.2, -0.15) is 0 Å². The number of carbonyl (C=O) groups is 2. The van der Waals surface area contributed by atoms with E-state index in [0.717, 1.165) is 5.56 Å². The van der Waals surface area contributed by atoms with Gasteiger partial charge in [-0.3, -0.25) is 14.6 Å². The van der Waals surface area contributed by atoms with E-state index in [-0.39, 0.29) is 11.8 Å². The van der Waals surface area contributed by atoms with Crippen molar-refractivity contribution in [3.63, 3.8) is 0 Å². The molecule has 2 aromatic rings. The summed E-state index contributed by atoms with van der Waals surface area (Å²) < 4.78 is 2.46. The number of aryl methyl sites for hydroxylation is 1. The monoisotopic (exact) mass is 421 g/mol. The molecular weight excluding hydrogens is 390 g/mol. The molecule has 0 radical (unpaired) electrons. The number of amides is 2. The van der Waals surface area contributed by atoms with E-state index in [1.54, 1.807) is 22.1 Å². The Kier molecular flexibility index (Phi) is 6.49. The van der Waals surface area contributed by atoms with Crippen molar-refractivity contribution in [3.8, 4) is 0 Å². The molecule has 1 aliphatic carbocycles. The maximum atomic E-state index is 12.7. The molecule has 0 spiro atoms. The maximum absolute atomic E-state index is 12.7. The summed E-state index contributed by atoms with van der Waals surface area (Å²) in [7, 11) is 0. The second kappa shape index (κ2) is 9.45.